The van der Waals surface area contributed by atoms with Crippen molar-refractivity contribution in [3.63, 3.8) is 0 Å². The molecule has 0 amide bonds. The lowest BCUT2D eigenvalue weighted by atomic mass is 9.82. The van der Waals surface area contributed by atoms with E-state index >= 15 is 0 Å². The van der Waals surface area contributed by atoms with E-state index in [1.807, 2.05) is 22.9 Å². The molecule has 130 valence electrons. The molecule has 0 aliphatic carbocycles. The van der Waals surface area contributed by atoms with Crippen LogP contribution in [0.25, 0.3) is 5.69 Å². The Bertz CT molecular complexity index is 665. The third-order valence-electron chi connectivity index (χ3n) is 5.03. The van der Waals surface area contributed by atoms with E-state index in [0.717, 1.165) is 38.2 Å². The van der Waals surface area contributed by atoms with Crippen LogP contribution in [0, 0.1) is 5.41 Å². The third-order valence-corrected chi connectivity index (χ3v) is 5.03. The van der Waals surface area contributed by atoms with Crippen LogP contribution in [0.5, 0.6) is 0 Å². The van der Waals surface area contributed by atoms with E-state index in [0.29, 0.717) is 5.92 Å². The maximum atomic E-state index is 9.69. The SMILES string of the molecule is CC(C)c1nn(-c2ccccc2)cc1CN1CCCC(C)(CO)C1. The van der Waals surface area contributed by atoms with Crippen LogP contribution in [0.15, 0.2) is 36.5 Å². The van der Waals surface area contributed by atoms with Crippen LogP contribution in [-0.4, -0.2) is 39.5 Å². The molecule has 0 saturated carbocycles. The van der Waals surface area contributed by atoms with Crippen molar-refractivity contribution in [1.29, 1.82) is 0 Å². The molecule has 1 fully saturated rings. The van der Waals surface area contributed by atoms with Gasteiger partial charge in [0.25, 0.3) is 0 Å². The van der Waals surface area contributed by atoms with Gasteiger partial charge in [0.15, 0.2) is 0 Å². The first kappa shape index (κ1) is 17.2. The van der Waals surface area contributed by atoms with E-state index < -0.39 is 0 Å². The van der Waals surface area contributed by atoms with E-state index in [4.69, 9.17) is 5.10 Å². The number of hydrogen-bond acceptors (Lipinski definition) is 3. The van der Waals surface area contributed by atoms with Crippen molar-refractivity contribution >= 4 is 0 Å². The van der Waals surface area contributed by atoms with E-state index in [-0.39, 0.29) is 12.0 Å². The molecule has 1 aromatic heterocycles. The fourth-order valence-electron chi connectivity index (χ4n) is 3.68. The van der Waals surface area contributed by atoms with Crippen molar-refractivity contribution in [2.75, 3.05) is 19.7 Å². The van der Waals surface area contributed by atoms with Crippen LogP contribution >= 0.6 is 0 Å². The van der Waals surface area contributed by atoms with Crippen LogP contribution in [0.2, 0.25) is 0 Å². The highest BCUT2D eigenvalue weighted by molar-refractivity contribution is 5.33. The number of aromatic nitrogens is 2. The molecule has 4 heteroatoms. The zero-order chi connectivity index (χ0) is 17.2. The molecular formula is C20H29N3O. The molecule has 1 aliphatic heterocycles. The number of nitrogens with zero attached hydrogens (tertiary/aromatic N) is 3. The maximum absolute atomic E-state index is 9.69. The Kier molecular flexibility index (Phi) is 5.07. The van der Waals surface area contributed by atoms with E-state index in [9.17, 15) is 5.11 Å². The number of aliphatic hydroxyl groups excluding tert-OH is 1. The number of para-hydroxylation sites is 1. The smallest absolute Gasteiger partial charge is 0.0699 e. The van der Waals surface area contributed by atoms with Crippen LogP contribution in [0.1, 0.15) is 50.8 Å². The highest BCUT2D eigenvalue weighted by atomic mass is 16.3. The predicted octanol–water partition coefficient (Wildman–Crippen LogP) is 3.59. The lowest BCUT2D eigenvalue weighted by Gasteiger charge is -2.39. The summed E-state index contributed by atoms with van der Waals surface area (Å²) in [6.45, 7) is 9.83. The van der Waals surface area contributed by atoms with Crippen molar-refractivity contribution in [2.24, 2.45) is 5.41 Å². The normalized spacial score (nSPS) is 22.2. The fraction of sp³-hybridized carbons (Fsp3) is 0.550. The maximum Gasteiger partial charge on any atom is 0.0699 e. The standard InChI is InChI=1S/C20H29N3O/c1-16(2)19-17(12-22-11-7-10-20(3,14-22)15-24)13-23(21-19)18-8-5-4-6-9-18/h4-6,8-9,13,16,24H,7,10-12,14-15H2,1-3H3. The number of aliphatic hydroxyl groups is 1. The van der Waals surface area contributed by atoms with Gasteiger partial charge < -0.3 is 5.11 Å². The van der Waals surface area contributed by atoms with Gasteiger partial charge in [-0.15, -0.1) is 0 Å². The zero-order valence-electron chi connectivity index (χ0n) is 15.1. The van der Waals surface area contributed by atoms with Gasteiger partial charge in [-0.1, -0.05) is 39.0 Å². The molecular weight excluding hydrogens is 298 g/mol. The van der Waals surface area contributed by atoms with Gasteiger partial charge in [-0.05, 0) is 37.4 Å². The Hall–Kier alpha value is -1.65. The van der Waals surface area contributed by atoms with Crippen molar-refractivity contribution in [1.82, 2.24) is 14.7 Å². The number of likely N-dealkylation sites (tertiary alicyclic amines) is 1. The second-order valence-corrected chi connectivity index (χ2v) is 7.76. The molecule has 1 aliphatic rings. The molecule has 4 nitrogen and oxygen atoms in total. The average Bonchev–Trinajstić information content (AvgIpc) is 3.00. The molecule has 1 unspecified atom stereocenters. The first-order valence-corrected chi connectivity index (χ1v) is 8.98. The quantitative estimate of drug-likeness (QED) is 0.912. The molecule has 24 heavy (non-hydrogen) atoms. The van der Waals surface area contributed by atoms with Crippen molar-refractivity contribution in [2.45, 2.75) is 46.1 Å². The summed E-state index contributed by atoms with van der Waals surface area (Å²) in [6.07, 6.45) is 4.44. The van der Waals surface area contributed by atoms with Gasteiger partial charge in [0, 0.05) is 36.9 Å². The Morgan fingerprint density at radius 2 is 2.00 bits per heavy atom. The summed E-state index contributed by atoms with van der Waals surface area (Å²) in [4.78, 5) is 2.47. The molecule has 1 aromatic carbocycles. The average molecular weight is 327 g/mol. The van der Waals surface area contributed by atoms with Crippen LogP contribution in [0.4, 0.5) is 0 Å². The highest BCUT2D eigenvalue weighted by Gasteiger charge is 2.31. The fourth-order valence-corrected chi connectivity index (χ4v) is 3.68. The van der Waals surface area contributed by atoms with Crippen LogP contribution < -0.4 is 0 Å². The predicted molar refractivity (Wildman–Crippen MR) is 97.4 cm³/mol. The Morgan fingerprint density at radius 1 is 1.25 bits per heavy atom. The molecule has 2 heterocycles. The summed E-state index contributed by atoms with van der Waals surface area (Å²) in [5.74, 6) is 0.402. The first-order chi connectivity index (χ1) is 11.5. The lowest BCUT2D eigenvalue weighted by Crippen LogP contribution is -2.43. The second-order valence-electron chi connectivity index (χ2n) is 7.76. The van der Waals surface area contributed by atoms with E-state index in [2.05, 4.69) is 44.0 Å². The number of rotatable bonds is 5. The molecule has 1 atom stereocenters. The van der Waals surface area contributed by atoms with Crippen molar-refractivity contribution < 1.29 is 5.11 Å². The van der Waals surface area contributed by atoms with Crippen molar-refractivity contribution in [3.8, 4) is 5.69 Å². The summed E-state index contributed by atoms with van der Waals surface area (Å²) >= 11 is 0. The van der Waals surface area contributed by atoms with Gasteiger partial charge in [-0.2, -0.15) is 5.10 Å². The minimum absolute atomic E-state index is 0.0334. The monoisotopic (exact) mass is 327 g/mol. The van der Waals surface area contributed by atoms with Crippen LogP contribution in [0.3, 0.4) is 0 Å². The van der Waals surface area contributed by atoms with Crippen LogP contribution in [-0.2, 0) is 6.54 Å². The molecule has 0 spiro atoms. The van der Waals surface area contributed by atoms with Gasteiger partial charge in [0.1, 0.15) is 0 Å². The van der Waals surface area contributed by atoms with Gasteiger partial charge in [-0.3, -0.25) is 4.90 Å². The van der Waals surface area contributed by atoms with E-state index in [1.165, 1.54) is 11.3 Å². The minimum atomic E-state index is 0.0334. The topological polar surface area (TPSA) is 41.3 Å². The number of benzene rings is 1. The van der Waals surface area contributed by atoms with Crippen molar-refractivity contribution in [3.05, 3.63) is 47.8 Å². The highest BCUT2D eigenvalue weighted by Crippen LogP contribution is 2.30. The summed E-state index contributed by atoms with van der Waals surface area (Å²) in [5, 5.41) is 14.5. The van der Waals surface area contributed by atoms with E-state index in [1.54, 1.807) is 0 Å². The summed E-state index contributed by atoms with van der Waals surface area (Å²) in [7, 11) is 0. The lowest BCUT2D eigenvalue weighted by molar-refractivity contribution is 0.0428. The molecule has 1 saturated heterocycles. The molecule has 0 radical (unpaired) electrons. The van der Waals surface area contributed by atoms with Gasteiger partial charge in [-0.25, -0.2) is 4.68 Å². The third kappa shape index (κ3) is 3.70. The molecule has 2 aromatic rings. The van der Waals surface area contributed by atoms with Gasteiger partial charge in [0.2, 0.25) is 0 Å². The number of piperidine rings is 1. The van der Waals surface area contributed by atoms with Gasteiger partial charge >= 0.3 is 0 Å². The Balaban J connectivity index is 1.83. The van der Waals surface area contributed by atoms with Gasteiger partial charge in [0.05, 0.1) is 11.4 Å². The largest absolute Gasteiger partial charge is 0.396 e. The Morgan fingerprint density at radius 3 is 2.67 bits per heavy atom. The summed E-state index contributed by atoms with van der Waals surface area (Å²) in [5.41, 5.74) is 3.61. The molecule has 3 rings (SSSR count). The Labute approximate surface area is 145 Å². The summed E-state index contributed by atoms with van der Waals surface area (Å²) < 4.78 is 2.00. The minimum Gasteiger partial charge on any atom is -0.396 e. The zero-order valence-corrected chi connectivity index (χ0v) is 15.1. The second kappa shape index (κ2) is 7.08. The summed E-state index contributed by atoms with van der Waals surface area (Å²) in [6, 6.07) is 10.3. The molecule has 1 N–H and O–H groups in total. The first-order valence-electron chi connectivity index (χ1n) is 8.98. The number of hydrogen-bond donors (Lipinski definition) is 1. The molecule has 0 bridgehead atoms.